The minimum atomic E-state index is 0.655. The van der Waals surface area contributed by atoms with E-state index in [1.165, 1.54) is 11.1 Å². The van der Waals surface area contributed by atoms with Crippen molar-refractivity contribution in [2.24, 2.45) is 0 Å². The summed E-state index contributed by atoms with van der Waals surface area (Å²) in [6, 6.07) is 16.6. The summed E-state index contributed by atoms with van der Waals surface area (Å²) in [4.78, 5) is 2.52. The maximum atomic E-state index is 5.51. The lowest BCUT2D eigenvalue weighted by molar-refractivity contribution is 0.251. The summed E-state index contributed by atoms with van der Waals surface area (Å²) >= 11 is 5.39. The third kappa shape index (κ3) is 5.44. The molecule has 2 N–H and O–H groups in total. The molecule has 0 aromatic heterocycles. The molecule has 4 nitrogen and oxygen atoms in total. The van der Waals surface area contributed by atoms with Crippen LogP contribution in [-0.4, -0.2) is 36.3 Å². The van der Waals surface area contributed by atoms with Gasteiger partial charge in [0.1, 0.15) is 5.75 Å². The van der Waals surface area contributed by atoms with Crippen LogP contribution in [0.5, 0.6) is 5.75 Å². The summed E-state index contributed by atoms with van der Waals surface area (Å²) in [5.41, 5.74) is 3.92. The van der Waals surface area contributed by atoms with Gasteiger partial charge in [-0.2, -0.15) is 0 Å². The Morgan fingerprint density at radius 1 is 1.15 bits per heavy atom. The first-order chi connectivity index (χ1) is 12.7. The van der Waals surface area contributed by atoms with Crippen molar-refractivity contribution < 1.29 is 4.74 Å². The van der Waals surface area contributed by atoms with Crippen LogP contribution in [0.2, 0.25) is 0 Å². The van der Waals surface area contributed by atoms with Gasteiger partial charge in [-0.1, -0.05) is 30.3 Å². The van der Waals surface area contributed by atoms with E-state index in [0.717, 1.165) is 50.5 Å². The van der Waals surface area contributed by atoms with Gasteiger partial charge in [-0.25, -0.2) is 0 Å². The highest BCUT2D eigenvalue weighted by Crippen LogP contribution is 2.18. The van der Waals surface area contributed by atoms with E-state index < -0.39 is 0 Å². The van der Waals surface area contributed by atoms with Crippen molar-refractivity contribution in [1.29, 1.82) is 0 Å². The van der Waals surface area contributed by atoms with Gasteiger partial charge in [-0.15, -0.1) is 0 Å². The van der Waals surface area contributed by atoms with Gasteiger partial charge in [-0.3, -0.25) is 4.90 Å². The van der Waals surface area contributed by atoms with E-state index in [-0.39, 0.29) is 0 Å². The molecule has 2 aromatic rings. The van der Waals surface area contributed by atoms with E-state index >= 15 is 0 Å². The smallest absolute Gasteiger partial charge is 0.170 e. The average Bonchev–Trinajstić information content (AvgIpc) is 2.66. The highest BCUT2D eigenvalue weighted by Gasteiger charge is 2.14. The Morgan fingerprint density at radius 3 is 2.85 bits per heavy atom. The number of hydrogen-bond acceptors (Lipinski definition) is 3. The Morgan fingerprint density at radius 2 is 2.00 bits per heavy atom. The fraction of sp³-hybridized carbons (Fsp3) is 0.381. The van der Waals surface area contributed by atoms with E-state index in [1.54, 1.807) is 0 Å². The summed E-state index contributed by atoms with van der Waals surface area (Å²) in [6.45, 7) is 6.80. The zero-order valence-electron chi connectivity index (χ0n) is 15.3. The molecule has 26 heavy (non-hydrogen) atoms. The van der Waals surface area contributed by atoms with E-state index in [4.69, 9.17) is 17.0 Å². The van der Waals surface area contributed by atoms with Gasteiger partial charge in [0.15, 0.2) is 5.11 Å². The largest absolute Gasteiger partial charge is 0.494 e. The molecule has 0 amide bonds. The molecule has 5 heteroatoms. The predicted octanol–water partition coefficient (Wildman–Crippen LogP) is 3.82. The lowest BCUT2D eigenvalue weighted by atomic mass is 10.00. The van der Waals surface area contributed by atoms with Crippen LogP contribution in [-0.2, 0) is 13.0 Å². The van der Waals surface area contributed by atoms with Crippen LogP contribution in [0.15, 0.2) is 48.5 Å². The van der Waals surface area contributed by atoms with Crippen LogP contribution in [0.4, 0.5) is 5.69 Å². The molecule has 0 radical (unpaired) electrons. The quantitative estimate of drug-likeness (QED) is 0.573. The molecule has 1 aliphatic rings. The second-order valence-corrected chi connectivity index (χ2v) is 6.90. The van der Waals surface area contributed by atoms with Crippen LogP contribution >= 0.6 is 12.2 Å². The second-order valence-electron chi connectivity index (χ2n) is 6.49. The zero-order valence-corrected chi connectivity index (χ0v) is 16.1. The Kier molecular flexibility index (Phi) is 6.86. The topological polar surface area (TPSA) is 36.5 Å². The number of fused-ring (bicyclic) bond motifs is 1. The van der Waals surface area contributed by atoms with Crippen LogP contribution in [0, 0.1) is 0 Å². The molecule has 0 saturated carbocycles. The average molecular weight is 370 g/mol. The Labute approximate surface area is 161 Å². The fourth-order valence-corrected chi connectivity index (χ4v) is 3.48. The van der Waals surface area contributed by atoms with E-state index in [0.29, 0.717) is 11.7 Å². The molecule has 138 valence electrons. The van der Waals surface area contributed by atoms with Crippen molar-refractivity contribution >= 4 is 23.0 Å². The highest BCUT2D eigenvalue weighted by atomic mass is 32.1. The molecule has 3 rings (SSSR count). The third-order valence-corrected chi connectivity index (χ3v) is 4.80. The number of rotatable bonds is 7. The predicted molar refractivity (Wildman–Crippen MR) is 112 cm³/mol. The minimum Gasteiger partial charge on any atom is -0.494 e. The van der Waals surface area contributed by atoms with Crippen LogP contribution < -0.4 is 15.4 Å². The summed E-state index contributed by atoms with van der Waals surface area (Å²) < 4.78 is 5.51. The van der Waals surface area contributed by atoms with Crippen LogP contribution in [0.1, 0.15) is 24.5 Å². The number of nitrogens with one attached hydrogen (secondary N) is 2. The molecule has 1 aliphatic heterocycles. The number of benzene rings is 2. The summed E-state index contributed by atoms with van der Waals surface area (Å²) in [6.07, 6.45) is 2.22. The lowest BCUT2D eigenvalue weighted by Crippen LogP contribution is -2.34. The highest BCUT2D eigenvalue weighted by molar-refractivity contribution is 7.80. The van der Waals surface area contributed by atoms with E-state index in [1.807, 2.05) is 31.2 Å². The standard InChI is InChI=1S/C21H27N3OS/c1-2-25-20-10-5-9-19(15-20)23-21(26)22-12-6-13-24-14-11-17-7-3-4-8-18(17)16-24/h3-5,7-10,15H,2,6,11-14,16H2,1H3,(H2,22,23,26). The zero-order chi connectivity index (χ0) is 18.2. The van der Waals surface area contributed by atoms with Gasteiger partial charge in [0.2, 0.25) is 0 Å². The van der Waals surface area contributed by atoms with Gasteiger partial charge < -0.3 is 15.4 Å². The summed E-state index contributed by atoms with van der Waals surface area (Å²) in [5.74, 6) is 0.852. The van der Waals surface area contributed by atoms with Crippen molar-refractivity contribution in [3.8, 4) is 5.75 Å². The molecule has 0 aliphatic carbocycles. The second kappa shape index (κ2) is 9.55. The number of hydrogen-bond donors (Lipinski definition) is 2. The number of anilines is 1. The molecule has 0 atom stereocenters. The summed E-state index contributed by atoms with van der Waals surface area (Å²) in [5, 5.41) is 7.17. The van der Waals surface area contributed by atoms with Crippen LogP contribution in [0.3, 0.4) is 0 Å². The molecular formula is C21H27N3OS. The molecule has 1 heterocycles. The molecular weight excluding hydrogens is 342 g/mol. The normalized spacial score (nSPS) is 13.7. The van der Waals surface area contributed by atoms with Gasteiger partial charge in [0, 0.05) is 37.9 Å². The minimum absolute atomic E-state index is 0.655. The first-order valence-electron chi connectivity index (χ1n) is 9.31. The van der Waals surface area contributed by atoms with Gasteiger partial charge in [0.05, 0.1) is 6.61 Å². The molecule has 0 saturated heterocycles. The van der Waals surface area contributed by atoms with Gasteiger partial charge in [0.25, 0.3) is 0 Å². The molecule has 0 fully saturated rings. The number of ether oxygens (including phenoxy) is 1. The van der Waals surface area contributed by atoms with Crippen molar-refractivity contribution in [3.05, 3.63) is 59.7 Å². The van der Waals surface area contributed by atoms with Crippen molar-refractivity contribution in [2.75, 3.05) is 31.6 Å². The Balaban J connectivity index is 1.36. The molecule has 2 aromatic carbocycles. The maximum Gasteiger partial charge on any atom is 0.170 e. The molecule has 0 unspecified atom stereocenters. The molecule has 0 spiro atoms. The van der Waals surface area contributed by atoms with Crippen LogP contribution in [0.25, 0.3) is 0 Å². The monoisotopic (exact) mass is 369 g/mol. The van der Waals surface area contributed by atoms with Gasteiger partial charge >= 0.3 is 0 Å². The molecule has 0 bridgehead atoms. The maximum absolute atomic E-state index is 5.51. The number of nitrogens with zero attached hydrogens (tertiary/aromatic N) is 1. The van der Waals surface area contributed by atoms with Gasteiger partial charge in [-0.05, 0) is 55.2 Å². The van der Waals surface area contributed by atoms with E-state index in [9.17, 15) is 0 Å². The first-order valence-corrected chi connectivity index (χ1v) is 9.72. The third-order valence-electron chi connectivity index (χ3n) is 4.55. The Hall–Kier alpha value is -2.11. The van der Waals surface area contributed by atoms with Crippen molar-refractivity contribution in [1.82, 2.24) is 10.2 Å². The Bertz CT molecular complexity index is 735. The van der Waals surface area contributed by atoms with Crippen molar-refractivity contribution in [2.45, 2.75) is 26.3 Å². The summed E-state index contributed by atoms with van der Waals surface area (Å²) in [7, 11) is 0. The van der Waals surface area contributed by atoms with Crippen molar-refractivity contribution in [3.63, 3.8) is 0 Å². The number of thiocarbonyl (C=S) groups is 1. The SMILES string of the molecule is CCOc1cccc(NC(=S)NCCCN2CCc3ccccc3C2)c1. The fourth-order valence-electron chi connectivity index (χ4n) is 3.26. The first kappa shape index (κ1) is 18.7. The lowest BCUT2D eigenvalue weighted by Gasteiger charge is -2.28. The van der Waals surface area contributed by atoms with E-state index in [2.05, 4.69) is 39.8 Å².